The molecule has 3 aromatic rings. The Balaban J connectivity index is 1.57. The Morgan fingerprint density at radius 3 is 2.30 bits per heavy atom. The van der Waals surface area contributed by atoms with Crippen molar-refractivity contribution in [3.05, 3.63) is 64.0 Å². The molecule has 0 saturated heterocycles. The molecule has 0 bridgehead atoms. The maximum Gasteiger partial charge on any atom is 0.251 e. The summed E-state index contributed by atoms with van der Waals surface area (Å²) in [6.45, 7) is 2.55. The van der Waals surface area contributed by atoms with E-state index < -0.39 is 0 Å². The zero-order valence-corrected chi connectivity index (χ0v) is 16.4. The van der Waals surface area contributed by atoms with Crippen molar-refractivity contribution in [1.29, 1.82) is 0 Å². The lowest BCUT2D eigenvalue weighted by Gasteiger charge is -2.09. The summed E-state index contributed by atoms with van der Waals surface area (Å²) in [6.07, 6.45) is 0.753. The number of carbonyl (C=O) groups excluding carboxylic acids is 1. The number of hydrogen-bond donors (Lipinski definition) is 1. The van der Waals surface area contributed by atoms with Crippen molar-refractivity contribution in [2.45, 2.75) is 13.3 Å². The molecule has 0 fully saturated rings. The van der Waals surface area contributed by atoms with Gasteiger partial charge in [0.15, 0.2) is 0 Å². The van der Waals surface area contributed by atoms with E-state index in [0.717, 1.165) is 28.2 Å². The van der Waals surface area contributed by atoms with Crippen molar-refractivity contribution in [3.63, 3.8) is 0 Å². The summed E-state index contributed by atoms with van der Waals surface area (Å²) in [6, 6.07) is 13.4. The van der Waals surface area contributed by atoms with Crippen LogP contribution in [0.3, 0.4) is 0 Å². The van der Waals surface area contributed by atoms with Crippen LogP contribution in [-0.2, 0) is 6.42 Å². The Bertz CT molecular complexity index is 897. The molecular weight excluding hydrogens is 360 g/mol. The minimum atomic E-state index is -0.151. The summed E-state index contributed by atoms with van der Waals surface area (Å²) in [5.41, 5.74) is 3.79. The number of nitrogens with one attached hydrogen (secondary N) is 1. The third-order valence-corrected chi connectivity index (χ3v) is 4.96. The standard InChI is InChI=1S/C21H22N2O3S/c1-14-23-20(13-27-14)16-6-4-15(5-7-16)8-9-22-21(24)17-10-18(25-2)12-19(11-17)26-3/h4-7,10-13H,8-9H2,1-3H3,(H,22,24). The minimum Gasteiger partial charge on any atom is -0.497 e. The second-order valence-corrected chi connectivity index (χ2v) is 7.12. The fraction of sp³-hybridized carbons (Fsp3) is 0.238. The highest BCUT2D eigenvalue weighted by Crippen LogP contribution is 2.23. The van der Waals surface area contributed by atoms with Gasteiger partial charge in [0.2, 0.25) is 0 Å². The highest BCUT2D eigenvalue weighted by Gasteiger charge is 2.09. The van der Waals surface area contributed by atoms with E-state index in [1.165, 1.54) is 0 Å². The lowest BCUT2D eigenvalue weighted by Crippen LogP contribution is -2.25. The number of carbonyl (C=O) groups is 1. The van der Waals surface area contributed by atoms with E-state index in [0.29, 0.717) is 23.6 Å². The number of thiazole rings is 1. The molecule has 1 heterocycles. The molecule has 1 aromatic heterocycles. The molecule has 0 aliphatic carbocycles. The van der Waals surface area contributed by atoms with E-state index in [-0.39, 0.29) is 5.91 Å². The van der Waals surface area contributed by atoms with Gasteiger partial charge in [-0.25, -0.2) is 4.98 Å². The zero-order valence-electron chi connectivity index (χ0n) is 15.6. The van der Waals surface area contributed by atoms with Gasteiger partial charge in [0.05, 0.1) is 24.9 Å². The molecule has 1 amide bonds. The van der Waals surface area contributed by atoms with Crippen LogP contribution in [0.4, 0.5) is 0 Å². The Morgan fingerprint density at radius 2 is 1.74 bits per heavy atom. The lowest BCUT2D eigenvalue weighted by atomic mass is 10.1. The fourth-order valence-electron chi connectivity index (χ4n) is 2.70. The predicted molar refractivity (Wildman–Crippen MR) is 108 cm³/mol. The Hall–Kier alpha value is -2.86. The van der Waals surface area contributed by atoms with Gasteiger partial charge in [-0.1, -0.05) is 24.3 Å². The second kappa shape index (κ2) is 8.68. The average molecular weight is 382 g/mol. The largest absolute Gasteiger partial charge is 0.497 e. The Morgan fingerprint density at radius 1 is 1.07 bits per heavy atom. The third-order valence-electron chi connectivity index (χ3n) is 4.18. The molecule has 0 aliphatic heterocycles. The monoisotopic (exact) mass is 382 g/mol. The van der Waals surface area contributed by atoms with Crippen molar-refractivity contribution in [2.75, 3.05) is 20.8 Å². The van der Waals surface area contributed by atoms with Gasteiger partial charge in [0.1, 0.15) is 11.5 Å². The molecule has 3 rings (SSSR count). The predicted octanol–water partition coefficient (Wildman–Crippen LogP) is 4.11. The van der Waals surface area contributed by atoms with Crippen LogP contribution in [0.25, 0.3) is 11.3 Å². The number of rotatable bonds is 7. The van der Waals surface area contributed by atoms with Crippen molar-refractivity contribution >= 4 is 17.2 Å². The fourth-order valence-corrected chi connectivity index (χ4v) is 3.32. The molecular formula is C21H22N2O3S. The van der Waals surface area contributed by atoms with Gasteiger partial charge < -0.3 is 14.8 Å². The summed E-state index contributed by atoms with van der Waals surface area (Å²) in [5.74, 6) is 1.03. The van der Waals surface area contributed by atoms with E-state index in [2.05, 4.69) is 39.9 Å². The summed E-state index contributed by atoms with van der Waals surface area (Å²) < 4.78 is 10.4. The SMILES string of the molecule is COc1cc(OC)cc(C(=O)NCCc2ccc(-c3csc(C)n3)cc2)c1. The number of benzene rings is 2. The molecule has 0 atom stereocenters. The molecule has 0 unspecified atom stereocenters. The van der Waals surface area contributed by atoms with E-state index in [1.807, 2.05) is 6.92 Å². The second-order valence-electron chi connectivity index (χ2n) is 6.06. The lowest BCUT2D eigenvalue weighted by molar-refractivity contribution is 0.0953. The van der Waals surface area contributed by atoms with Gasteiger partial charge in [-0.3, -0.25) is 4.79 Å². The number of ether oxygens (including phenoxy) is 2. The Kier molecular flexibility index (Phi) is 6.08. The topological polar surface area (TPSA) is 60.5 Å². The maximum absolute atomic E-state index is 12.4. The molecule has 0 radical (unpaired) electrons. The number of hydrogen-bond acceptors (Lipinski definition) is 5. The smallest absolute Gasteiger partial charge is 0.251 e. The van der Waals surface area contributed by atoms with Crippen LogP contribution in [-0.4, -0.2) is 31.7 Å². The van der Waals surface area contributed by atoms with E-state index in [1.54, 1.807) is 43.8 Å². The first kappa shape index (κ1) is 18.9. The molecule has 6 heteroatoms. The summed E-state index contributed by atoms with van der Waals surface area (Å²) in [4.78, 5) is 16.9. The van der Waals surface area contributed by atoms with E-state index >= 15 is 0 Å². The van der Waals surface area contributed by atoms with Crippen LogP contribution in [0.2, 0.25) is 0 Å². The molecule has 0 spiro atoms. The van der Waals surface area contributed by atoms with Crippen molar-refractivity contribution in [1.82, 2.24) is 10.3 Å². The van der Waals surface area contributed by atoms with Crippen LogP contribution in [0.5, 0.6) is 11.5 Å². The summed E-state index contributed by atoms with van der Waals surface area (Å²) in [5, 5.41) is 6.06. The molecule has 0 aliphatic rings. The summed E-state index contributed by atoms with van der Waals surface area (Å²) in [7, 11) is 3.13. The highest BCUT2D eigenvalue weighted by atomic mass is 32.1. The highest BCUT2D eigenvalue weighted by molar-refractivity contribution is 7.09. The number of nitrogens with zero attached hydrogens (tertiary/aromatic N) is 1. The first-order chi connectivity index (χ1) is 13.1. The van der Waals surface area contributed by atoms with Crippen LogP contribution in [0.15, 0.2) is 47.8 Å². The third kappa shape index (κ3) is 4.86. The average Bonchev–Trinajstić information content (AvgIpc) is 3.14. The van der Waals surface area contributed by atoms with E-state index in [9.17, 15) is 4.79 Å². The van der Waals surface area contributed by atoms with Gasteiger partial charge in [-0.05, 0) is 31.0 Å². The van der Waals surface area contributed by atoms with Gasteiger partial charge in [0.25, 0.3) is 5.91 Å². The first-order valence-electron chi connectivity index (χ1n) is 8.62. The molecule has 140 valence electrons. The van der Waals surface area contributed by atoms with Crippen molar-refractivity contribution < 1.29 is 14.3 Å². The van der Waals surface area contributed by atoms with Crippen molar-refractivity contribution in [2.24, 2.45) is 0 Å². The number of amides is 1. The molecule has 1 N–H and O–H groups in total. The molecule has 27 heavy (non-hydrogen) atoms. The van der Waals surface area contributed by atoms with Crippen molar-refractivity contribution in [3.8, 4) is 22.8 Å². The van der Waals surface area contributed by atoms with Gasteiger partial charge in [-0.2, -0.15) is 0 Å². The maximum atomic E-state index is 12.4. The van der Waals surface area contributed by atoms with Crippen LogP contribution in [0, 0.1) is 6.92 Å². The van der Waals surface area contributed by atoms with Crippen LogP contribution in [0.1, 0.15) is 20.9 Å². The first-order valence-corrected chi connectivity index (χ1v) is 9.49. The minimum absolute atomic E-state index is 0.151. The number of aromatic nitrogens is 1. The molecule has 2 aromatic carbocycles. The normalized spacial score (nSPS) is 10.5. The van der Waals surface area contributed by atoms with Crippen LogP contribution < -0.4 is 14.8 Å². The Labute approximate surface area is 163 Å². The van der Waals surface area contributed by atoms with Gasteiger partial charge in [0, 0.05) is 29.1 Å². The van der Waals surface area contributed by atoms with E-state index in [4.69, 9.17) is 9.47 Å². The molecule has 5 nitrogen and oxygen atoms in total. The number of methoxy groups -OCH3 is 2. The van der Waals surface area contributed by atoms with Gasteiger partial charge >= 0.3 is 0 Å². The summed E-state index contributed by atoms with van der Waals surface area (Å²) >= 11 is 1.65. The zero-order chi connectivity index (χ0) is 19.2. The van der Waals surface area contributed by atoms with Crippen LogP contribution >= 0.6 is 11.3 Å². The quantitative estimate of drug-likeness (QED) is 0.668. The van der Waals surface area contributed by atoms with Gasteiger partial charge in [-0.15, -0.1) is 11.3 Å². The number of aryl methyl sites for hydroxylation is 1. The molecule has 0 saturated carbocycles.